The molecule has 2 saturated carbocycles. The van der Waals surface area contributed by atoms with Crippen LogP contribution in [0.2, 0.25) is 0 Å². The number of tetrazole rings is 1. The number of hydrogen-bond acceptors (Lipinski definition) is 5. The summed E-state index contributed by atoms with van der Waals surface area (Å²) in [4.78, 5) is 0. The van der Waals surface area contributed by atoms with Crippen molar-refractivity contribution < 1.29 is 5.11 Å². The van der Waals surface area contributed by atoms with Gasteiger partial charge in [0.1, 0.15) is 0 Å². The summed E-state index contributed by atoms with van der Waals surface area (Å²) in [6.45, 7) is 0. The van der Waals surface area contributed by atoms with Crippen molar-refractivity contribution in [2.75, 3.05) is 5.32 Å². The number of hydrogen-bond donors (Lipinski definition) is 3. The second-order valence-electron chi connectivity index (χ2n) is 6.84. The van der Waals surface area contributed by atoms with Crippen LogP contribution in [0.25, 0.3) is 11.4 Å². The first-order valence-corrected chi connectivity index (χ1v) is 8.59. The average Bonchev–Trinajstić information content (AvgIpc) is 3.10. The fraction of sp³-hybridized carbons (Fsp3) is 0.588. The number of fused-ring (bicyclic) bond motifs is 1. The van der Waals surface area contributed by atoms with Crippen molar-refractivity contribution in [2.24, 2.45) is 5.92 Å². The maximum atomic E-state index is 11.3. The minimum absolute atomic E-state index is 0.0922. The molecule has 4 rings (SSSR count). The maximum absolute atomic E-state index is 11.3. The zero-order valence-electron chi connectivity index (χ0n) is 13.2. The van der Waals surface area contributed by atoms with E-state index in [1.54, 1.807) is 0 Å². The third-order valence-corrected chi connectivity index (χ3v) is 5.58. The quantitative estimate of drug-likeness (QED) is 0.811. The van der Waals surface area contributed by atoms with E-state index in [0.29, 0.717) is 11.7 Å². The highest BCUT2D eigenvalue weighted by Crippen LogP contribution is 2.45. The number of nitrogens with zero attached hydrogens (tertiary/aromatic N) is 3. The molecule has 3 N–H and O–H groups in total. The molecule has 0 saturated heterocycles. The molecule has 2 aromatic rings. The number of para-hydroxylation sites is 1. The fourth-order valence-corrected chi connectivity index (χ4v) is 4.39. The second kappa shape index (κ2) is 5.92. The molecule has 6 heteroatoms. The Labute approximate surface area is 135 Å². The van der Waals surface area contributed by atoms with Gasteiger partial charge in [0.2, 0.25) is 5.82 Å². The Kier molecular flexibility index (Phi) is 3.77. The lowest BCUT2D eigenvalue weighted by Crippen LogP contribution is -2.56. The van der Waals surface area contributed by atoms with Gasteiger partial charge >= 0.3 is 0 Å². The van der Waals surface area contributed by atoms with Gasteiger partial charge in [-0.05, 0) is 48.9 Å². The minimum Gasteiger partial charge on any atom is -0.387 e. The Morgan fingerprint density at radius 2 is 2.00 bits per heavy atom. The minimum atomic E-state index is -0.582. The van der Waals surface area contributed by atoms with Crippen LogP contribution in [0, 0.1) is 5.92 Å². The van der Waals surface area contributed by atoms with Gasteiger partial charge in [0.05, 0.1) is 11.6 Å². The fourth-order valence-electron chi connectivity index (χ4n) is 4.39. The summed E-state index contributed by atoms with van der Waals surface area (Å²) in [5.74, 6) is 1.01. The lowest BCUT2D eigenvalue weighted by Gasteiger charge is -2.49. The third-order valence-electron chi connectivity index (χ3n) is 5.58. The molecular weight excluding hydrogens is 290 g/mol. The molecule has 1 aromatic carbocycles. The number of aromatic nitrogens is 4. The molecule has 0 aliphatic heterocycles. The summed E-state index contributed by atoms with van der Waals surface area (Å²) in [6, 6.07) is 8.07. The zero-order chi connectivity index (χ0) is 15.7. The molecule has 1 aromatic heterocycles. The Hall–Kier alpha value is -1.95. The first kappa shape index (κ1) is 14.6. The Morgan fingerprint density at radius 1 is 1.13 bits per heavy atom. The van der Waals surface area contributed by atoms with Crippen LogP contribution in [-0.2, 0) is 0 Å². The molecule has 3 atom stereocenters. The number of aromatic amines is 1. The molecule has 122 valence electrons. The molecule has 6 nitrogen and oxygen atoms in total. The number of nitrogens with one attached hydrogen (secondary N) is 2. The van der Waals surface area contributed by atoms with E-state index in [9.17, 15) is 5.11 Å². The SMILES string of the molecule is OC12CCCC[C@@H]1CCCC2Nc1ccccc1-c1nn[nH]n1. The van der Waals surface area contributed by atoms with Crippen LogP contribution in [-0.4, -0.2) is 37.4 Å². The zero-order valence-corrected chi connectivity index (χ0v) is 13.2. The molecule has 0 spiro atoms. The van der Waals surface area contributed by atoms with E-state index in [0.717, 1.165) is 43.4 Å². The van der Waals surface area contributed by atoms with E-state index in [2.05, 4.69) is 25.9 Å². The van der Waals surface area contributed by atoms with Crippen molar-refractivity contribution in [3.8, 4) is 11.4 Å². The standard InChI is InChI=1S/C17H23N5O/c23-17-11-4-3-6-12(17)7-5-10-15(17)18-14-9-2-1-8-13(14)16-19-21-22-20-16/h1-2,8-9,12,15,18,23H,3-7,10-11H2,(H,19,20,21,22)/t12-,15?,17?/m1/s1. The van der Waals surface area contributed by atoms with E-state index in [4.69, 9.17) is 0 Å². The van der Waals surface area contributed by atoms with Gasteiger partial charge in [-0.1, -0.05) is 31.4 Å². The van der Waals surface area contributed by atoms with Crippen molar-refractivity contribution in [1.82, 2.24) is 20.6 Å². The van der Waals surface area contributed by atoms with Crippen molar-refractivity contribution >= 4 is 5.69 Å². The van der Waals surface area contributed by atoms with Crippen LogP contribution in [0.1, 0.15) is 44.9 Å². The van der Waals surface area contributed by atoms with Crippen LogP contribution in [0.15, 0.2) is 24.3 Å². The maximum Gasteiger partial charge on any atom is 0.206 e. The van der Waals surface area contributed by atoms with Crippen LogP contribution in [0.4, 0.5) is 5.69 Å². The number of aliphatic hydroxyl groups is 1. The number of H-pyrrole nitrogens is 1. The van der Waals surface area contributed by atoms with E-state index in [1.165, 1.54) is 12.8 Å². The van der Waals surface area contributed by atoms with E-state index in [-0.39, 0.29) is 6.04 Å². The Balaban J connectivity index is 1.63. The van der Waals surface area contributed by atoms with Crippen LogP contribution < -0.4 is 5.32 Å². The highest BCUT2D eigenvalue weighted by atomic mass is 16.3. The molecular formula is C17H23N5O. The molecule has 0 radical (unpaired) electrons. The molecule has 0 bridgehead atoms. The van der Waals surface area contributed by atoms with Gasteiger partial charge in [0.15, 0.2) is 0 Å². The van der Waals surface area contributed by atoms with Crippen LogP contribution >= 0.6 is 0 Å². The van der Waals surface area contributed by atoms with Gasteiger partial charge in [-0.3, -0.25) is 0 Å². The Bertz CT molecular complexity index is 657. The van der Waals surface area contributed by atoms with E-state index in [1.807, 2.05) is 24.3 Å². The van der Waals surface area contributed by atoms with Gasteiger partial charge in [0, 0.05) is 11.3 Å². The van der Waals surface area contributed by atoms with Crippen molar-refractivity contribution in [2.45, 2.75) is 56.6 Å². The third kappa shape index (κ3) is 2.61. The summed E-state index contributed by atoms with van der Waals surface area (Å²) >= 11 is 0. The largest absolute Gasteiger partial charge is 0.387 e. The molecule has 23 heavy (non-hydrogen) atoms. The van der Waals surface area contributed by atoms with Crippen LogP contribution in [0.5, 0.6) is 0 Å². The van der Waals surface area contributed by atoms with Gasteiger partial charge in [0.25, 0.3) is 0 Å². The number of rotatable bonds is 3. The smallest absolute Gasteiger partial charge is 0.206 e. The lowest BCUT2D eigenvalue weighted by atomic mass is 9.65. The Morgan fingerprint density at radius 3 is 2.87 bits per heavy atom. The van der Waals surface area contributed by atoms with Gasteiger partial charge in [-0.2, -0.15) is 5.21 Å². The summed E-state index contributed by atoms with van der Waals surface area (Å²) < 4.78 is 0. The first-order valence-electron chi connectivity index (χ1n) is 8.59. The highest BCUT2D eigenvalue weighted by molar-refractivity contribution is 5.73. The number of benzene rings is 1. The van der Waals surface area contributed by atoms with E-state index >= 15 is 0 Å². The molecule has 2 aliphatic rings. The van der Waals surface area contributed by atoms with Gasteiger partial charge < -0.3 is 10.4 Å². The summed E-state index contributed by atoms with van der Waals surface area (Å²) in [6.07, 6.45) is 7.77. The molecule has 0 amide bonds. The topological polar surface area (TPSA) is 86.7 Å². The average molecular weight is 313 g/mol. The van der Waals surface area contributed by atoms with Crippen molar-refractivity contribution in [1.29, 1.82) is 0 Å². The highest BCUT2D eigenvalue weighted by Gasteiger charge is 2.47. The molecule has 2 fully saturated rings. The summed E-state index contributed by atoms with van der Waals surface area (Å²) in [7, 11) is 0. The second-order valence-corrected chi connectivity index (χ2v) is 6.84. The van der Waals surface area contributed by atoms with Crippen molar-refractivity contribution in [3.63, 3.8) is 0 Å². The monoisotopic (exact) mass is 313 g/mol. The molecule has 1 heterocycles. The van der Waals surface area contributed by atoms with Gasteiger partial charge in [-0.15, -0.1) is 10.2 Å². The first-order chi connectivity index (χ1) is 11.3. The lowest BCUT2D eigenvalue weighted by molar-refractivity contribution is -0.0835. The van der Waals surface area contributed by atoms with E-state index < -0.39 is 5.60 Å². The molecule has 2 unspecified atom stereocenters. The molecule has 2 aliphatic carbocycles. The normalized spacial score (nSPS) is 30.7. The number of anilines is 1. The summed E-state index contributed by atoms with van der Waals surface area (Å²) in [5, 5.41) is 29.3. The predicted octanol–water partition coefficient (Wildman–Crippen LogP) is 2.75. The van der Waals surface area contributed by atoms with Crippen molar-refractivity contribution in [3.05, 3.63) is 24.3 Å². The van der Waals surface area contributed by atoms with Crippen LogP contribution in [0.3, 0.4) is 0 Å². The summed E-state index contributed by atoms with van der Waals surface area (Å²) in [5.41, 5.74) is 1.31. The van der Waals surface area contributed by atoms with Gasteiger partial charge in [-0.25, -0.2) is 0 Å². The predicted molar refractivity (Wildman–Crippen MR) is 87.8 cm³/mol.